The van der Waals surface area contributed by atoms with E-state index in [1.165, 1.54) is 4.88 Å². The molecule has 0 saturated carbocycles. The van der Waals surface area contributed by atoms with Crippen LogP contribution in [0.1, 0.15) is 4.88 Å². The van der Waals surface area contributed by atoms with Gasteiger partial charge in [0, 0.05) is 38.3 Å². The van der Waals surface area contributed by atoms with Gasteiger partial charge in [0.25, 0.3) is 0 Å². The molecule has 2 aromatic rings. The first-order valence-corrected chi connectivity index (χ1v) is 9.16. The molecule has 24 heavy (non-hydrogen) atoms. The van der Waals surface area contributed by atoms with Crippen molar-refractivity contribution in [2.45, 2.75) is 6.54 Å². The minimum Gasteiger partial charge on any atom is -0.351 e. The summed E-state index contributed by atoms with van der Waals surface area (Å²) >= 11 is 5.15. The van der Waals surface area contributed by atoms with E-state index in [4.69, 9.17) is 0 Å². The van der Waals surface area contributed by atoms with Gasteiger partial charge in [0.15, 0.2) is 5.96 Å². The number of guanidine groups is 1. The Morgan fingerprint density at radius 1 is 1.46 bits per heavy atom. The molecule has 0 bridgehead atoms. The zero-order valence-corrected chi connectivity index (χ0v) is 16.0. The van der Waals surface area contributed by atoms with Gasteiger partial charge in [-0.15, -0.1) is 11.3 Å². The van der Waals surface area contributed by atoms with Gasteiger partial charge in [-0.3, -0.25) is 14.5 Å². The smallest absolute Gasteiger partial charge is 0.246 e. The van der Waals surface area contributed by atoms with Crippen molar-refractivity contribution in [3.8, 4) is 0 Å². The molecule has 2 aromatic heterocycles. The van der Waals surface area contributed by atoms with Crippen molar-refractivity contribution in [2.24, 2.45) is 12.0 Å². The van der Waals surface area contributed by atoms with Crippen molar-refractivity contribution >= 4 is 44.8 Å². The van der Waals surface area contributed by atoms with Crippen molar-refractivity contribution in [3.05, 3.63) is 33.2 Å². The second kappa shape index (κ2) is 7.35. The van der Waals surface area contributed by atoms with Gasteiger partial charge in [-0.2, -0.15) is 5.10 Å². The monoisotopic (exact) mass is 410 g/mol. The lowest BCUT2D eigenvalue weighted by Gasteiger charge is -2.35. The van der Waals surface area contributed by atoms with Gasteiger partial charge in [0.05, 0.1) is 22.2 Å². The lowest BCUT2D eigenvalue weighted by Crippen LogP contribution is -2.55. The Hall–Kier alpha value is -1.87. The van der Waals surface area contributed by atoms with Crippen LogP contribution < -0.4 is 10.2 Å². The van der Waals surface area contributed by atoms with Crippen LogP contribution in [-0.2, 0) is 18.4 Å². The molecule has 1 aliphatic rings. The van der Waals surface area contributed by atoms with Crippen LogP contribution in [0.5, 0.6) is 0 Å². The highest BCUT2D eigenvalue weighted by atomic mass is 79.9. The fourth-order valence-corrected chi connectivity index (χ4v) is 4.04. The lowest BCUT2D eigenvalue weighted by molar-refractivity contribution is -0.120. The van der Waals surface area contributed by atoms with Crippen LogP contribution >= 0.6 is 27.3 Å². The average molecular weight is 411 g/mol. The van der Waals surface area contributed by atoms with E-state index >= 15 is 0 Å². The highest BCUT2D eigenvalue weighted by Crippen LogP contribution is 2.22. The third-order valence-electron chi connectivity index (χ3n) is 3.78. The maximum atomic E-state index is 12.5. The maximum Gasteiger partial charge on any atom is 0.246 e. The molecule has 0 spiro atoms. The third kappa shape index (κ3) is 3.78. The zero-order valence-electron chi connectivity index (χ0n) is 13.6. The highest BCUT2D eigenvalue weighted by Gasteiger charge is 2.27. The van der Waals surface area contributed by atoms with E-state index in [1.54, 1.807) is 34.2 Å². The summed E-state index contributed by atoms with van der Waals surface area (Å²) in [6, 6.07) is 4.10. The molecule has 3 heterocycles. The van der Waals surface area contributed by atoms with Crippen molar-refractivity contribution in [1.82, 2.24) is 20.0 Å². The number of anilines is 1. The molecule has 1 amide bonds. The van der Waals surface area contributed by atoms with Crippen LogP contribution in [0, 0.1) is 0 Å². The predicted octanol–water partition coefficient (Wildman–Crippen LogP) is 1.67. The van der Waals surface area contributed by atoms with Crippen LogP contribution in [0.15, 0.2) is 33.3 Å². The van der Waals surface area contributed by atoms with Crippen LogP contribution in [0.25, 0.3) is 0 Å². The second-order valence-corrected chi connectivity index (χ2v) is 7.99. The summed E-state index contributed by atoms with van der Waals surface area (Å²) in [7, 11) is 3.59. The van der Waals surface area contributed by atoms with Crippen molar-refractivity contribution < 1.29 is 4.79 Å². The molecule has 1 saturated heterocycles. The summed E-state index contributed by atoms with van der Waals surface area (Å²) in [5, 5.41) is 7.46. The van der Waals surface area contributed by atoms with Gasteiger partial charge in [-0.05, 0) is 28.1 Å². The number of aromatic nitrogens is 2. The lowest BCUT2D eigenvalue weighted by atomic mass is 10.3. The first kappa shape index (κ1) is 17.0. The number of carbonyl (C=O) groups is 1. The minimum atomic E-state index is 0.0519. The maximum absolute atomic E-state index is 12.5. The first-order chi connectivity index (χ1) is 11.6. The van der Waals surface area contributed by atoms with Gasteiger partial charge < -0.3 is 15.1 Å². The van der Waals surface area contributed by atoms with E-state index in [-0.39, 0.29) is 5.91 Å². The Morgan fingerprint density at radius 2 is 2.29 bits per heavy atom. The summed E-state index contributed by atoms with van der Waals surface area (Å²) in [6.07, 6.45) is 3.57. The summed E-state index contributed by atoms with van der Waals surface area (Å²) in [5.74, 6) is 0.801. The Morgan fingerprint density at radius 3 is 2.88 bits per heavy atom. The molecule has 0 unspecified atom stereocenters. The number of halogens is 1. The number of amides is 1. The molecule has 0 aliphatic carbocycles. The number of nitrogens with one attached hydrogen (secondary N) is 1. The first-order valence-electron chi connectivity index (χ1n) is 7.55. The van der Waals surface area contributed by atoms with Gasteiger partial charge in [-0.1, -0.05) is 0 Å². The molecular weight excluding hydrogens is 392 g/mol. The van der Waals surface area contributed by atoms with E-state index in [0.29, 0.717) is 19.6 Å². The van der Waals surface area contributed by atoms with E-state index in [2.05, 4.69) is 37.4 Å². The Bertz CT molecular complexity index is 755. The number of piperazine rings is 1. The molecular formula is C15H19BrN6OS. The predicted molar refractivity (Wildman–Crippen MR) is 99.4 cm³/mol. The third-order valence-corrected chi connectivity index (χ3v) is 5.41. The molecule has 128 valence electrons. The number of aryl methyl sites for hydroxylation is 1. The number of thiophene rings is 1. The van der Waals surface area contributed by atoms with Crippen LogP contribution in [0.2, 0.25) is 0 Å². The molecule has 0 atom stereocenters. The Kier molecular flexibility index (Phi) is 5.20. The van der Waals surface area contributed by atoms with Gasteiger partial charge in [0.1, 0.15) is 6.54 Å². The molecule has 3 rings (SSSR count). The number of hydrogen-bond donors (Lipinski definition) is 1. The summed E-state index contributed by atoms with van der Waals surface area (Å²) in [5.41, 5.74) is 0.841. The fraction of sp³-hybridized carbons (Fsp3) is 0.400. The number of hydrogen-bond acceptors (Lipinski definition) is 4. The summed E-state index contributed by atoms with van der Waals surface area (Å²) in [4.78, 5) is 21.7. The van der Waals surface area contributed by atoms with Gasteiger partial charge in [-0.25, -0.2) is 0 Å². The van der Waals surface area contributed by atoms with Crippen molar-refractivity contribution in [3.63, 3.8) is 0 Å². The van der Waals surface area contributed by atoms with E-state index in [0.717, 1.165) is 22.0 Å². The van der Waals surface area contributed by atoms with Crippen molar-refractivity contribution in [1.29, 1.82) is 0 Å². The second-order valence-electron chi connectivity index (χ2n) is 5.45. The molecule has 0 aromatic carbocycles. The molecule has 1 N–H and O–H groups in total. The van der Waals surface area contributed by atoms with Gasteiger partial charge >= 0.3 is 0 Å². The minimum absolute atomic E-state index is 0.0519. The van der Waals surface area contributed by atoms with E-state index < -0.39 is 0 Å². The summed E-state index contributed by atoms with van der Waals surface area (Å²) < 4.78 is 2.81. The van der Waals surface area contributed by atoms with Gasteiger partial charge in [0.2, 0.25) is 5.91 Å². The number of nitrogens with zero attached hydrogens (tertiary/aromatic N) is 5. The highest BCUT2D eigenvalue weighted by molar-refractivity contribution is 9.11. The van der Waals surface area contributed by atoms with Crippen LogP contribution in [0.3, 0.4) is 0 Å². The molecule has 7 nitrogen and oxygen atoms in total. The van der Waals surface area contributed by atoms with E-state index in [1.807, 2.05) is 24.2 Å². The molecule has 1 fully saturated rings. The normalized spacial score (nSPS) is 16.0. The largest absolute Gasteiger partial charge is 0.351 e. The molecule has 1 aliphatic heterocycles. The quantitative estimate of drug-likeness (QED) is 0.617. The fourth-order valence-electron chi connectivity index (χ4n) is 2.62. The van der Waals surface area contributed by atoms with Crippen LogP contribution in [-0.4, -0.2) is 53.2 Å². The summed E-state index contributed by atoms with van der Waals surface area (Å²) in [6.45, 7) is 2.35. The molecule has 0 radical (unpaired) electrons. The van der Waals surface area contributed by atoms with Crippen LogP contribution in [0.4, 0.5) is 5.69 Å². The number of aliphatic imine (C=N–C) groups is 1. The number of rotatable bonds is 3. The Labute approximate surface area is 153 Å². The average Bonchev–Trinajstić information content (AvgIpc) is 3.16. The van der Waals surface area contributed by atoms with Crippen molar-refractivity contribution in [2.75, 3.05) is 31.6 Å². The Balaban J connectivity index is 1.60. The SMILES string of the molecule is CN=C(NCc1ccc(Br)s1)N1CCN(c2cnn(C)c2)C(=O)C1. The zero-order chi connectivity index (χ0) is 17.1. The number of carbonyl (C=O) groups excluding carboxylic acids is 1. The van der Waals surface area contributed by atoms with E-state index in [9.17, 15) is 4.79 Å². The standard InChI is InChI=1S/C15H19BrN6OS/c1-17-15(18-8-12-3-4-13(16)24-12)21-5-6-22(14(23)10-21)11-7-19-20(2)9-11/h3-4,7,9H,5-6,8,10H2,1-2H3,(H,17,18). The molecule has 9 heteroatoms. The topological polar surface area (TPSA) is 65.8 Å².